The molecule has 1 fully saturated rings. The van der Waals surface area contributed by atoms with Crippen LogP contribution in [0.2, 0.25) is 0 Å². The second kappa shape index (κ2) is 8.22. The Kier molecular flexibility index (Phi) is 5.34. The van der Waals surface area contributed by atoms with Crippen molar-refractivity contribution in [1.82, 2.24) is 34.9 Å². The van der Waals surface area contributed by atoms with Gasteiger partial charge >= 0.3 is 6.03 Å². The van der Waals surface area contributed by atoms with E-state index in [0.717, 1.165) is 31.0 Å². The molecule has 0 atom stereocenters. The Morgan fingerprint density at radius 2 is 1.93 bits per heavy atom. The highest BCUT2D eigenvalue weighted by atomic mass is 16.4. The summed E-state index contributed by atoms with van der Waals surface area (Å²) in [5, 5.41) is 10.9. The van der Waals surface area contributed by atoms with Gasteiger partial charge < -0.3 is 19.2 Å². The number of carbonyl (C=O) groups excluding carboxylic acids is 1. The molecule has 0 radical (unpaired) electrons. The number of amides is 2. The van der Waals surface area contributed by atoms with E-state index in [2.05, 4.69) is 25.4 Å². The highest BCUT2D eigenvalue weighted by Gasteiger charge is 2.22. The second-order valence-corrected chi connectivity index (χ2v) is 6.74. The van der Waals surface area contributed by atoms with Gasteiger partial charge in [0.25, 0.3) is 0 Å². The average Bonchev–Trinajstić information content (AvgIpc) is 3.37. The van der Waals surface area contributed by atoms with Crippen LogP contribution in [0.1, 0.15) is 11.7 Å². The van der Waals surface area contributed by atoms with E-state index in [0.29, 0.717) is 24.9 Å². The first-order valence-corrected chi connectivity index (χ1v) is 9.28. The number of nitrogens with one attached hydrogen (secondary N) is 1. The first kappa shape index (κ1) is 18.2. The summed E-state index contributed by atoms with van der Waals surface area (Å²) in [6.07, 6.45) is 3.75. The molecule has 9 heteroatoms. The zero-order valence-corrected chi connectivity index (χ0v) is 15.8. The maximum atomic E-state index is 12.4. The maximum absolute atomic E-state index is 12.4. The van der Waals surface area contributed by atoms with Gasteiger partial charge in [0, 0.05) is 51.2 Å². The third-order valence-corrected chi connectivity index (χ3v) is 4.82. The van der Waals surface area contributed by atoms with Crippen molar-refractivity contribution >= 4 is 6.03 Å². The minimum absolute atomic E-state index is 0.115. The van der Waals surface area contributed by atoms with Crippen molar-refractivity contribution < 1.29 is 9.21 Å². The van der Waals surface area contributed by atoms with Crippen molar-refractivity contribution in [2.75, 3.05) is 26.2 Å². The van der Waals surface area contributed by atoms with Gasteiger partial charge in [-0.3, -0.25) is 4.90 Å². The number of hydrogen-bond acceptors (Lipinski definition) is 6. The lowest BCUT2D eigenvalue weighted by Crippen LogP contribution is -2.51. The number of aromatic nitrogens is 4. The fourth-order valence-electron chi connectivity index (χ4n) is 3.14. The van der Waals surface area contributed by atoms with Crippen molar-refractivity contribution in [1.29, 1.82) is 0 Å². The molecule has 3 heterocycles. The molecule has 3 aromatic rings. The molecule has 0 bridgehead atoms. The van der Waals surface area contributed by atoms with Crippen LogP contribution >= 0.6 is 0 Å². The smallest absolute Gasteiger partial charge is 0.317 e. The van der Waals surface area contributed by atoms with Gasteiger partial charge in [-0.25, -0.2) is 9.78 Å². The SMILES string of the molecule is Cn1ccnc1CN1CCN(C(=O)NCc2nnc(-c3ccccc3)o2)CC1. The molecule has 2 amide bonds. The number of nitrogens with zero attached hydrogens (tertiary/aromatic N) is 6. The molecule has 146 valence electrons. The summed E-state index contributed by atoms with van der Waals surface area (Å²) in [4.78, 5) is 20.9. The molecule has 0 saturated carbocycles. The normalized spacial score (nSPS) is 15.0. The van der Waals surface area contributed by atoms with Crippen LogP contribution in [0.5, 0.6) is 0 Å². The fourth-order valence-corrected chi connectivity index (χ4v) is 3.14. The zero-order chi connectivity index (χ0) is 19.3. The zero-order valence-electron chi connectivity index (χ0n) is 15.8. The number of urea groups is 1. The minimum Gasteiger partial charge on any atom is -0.419 e. The van der Waals surface area contributed by atoms with Gasteiger partial charge in [0.05, 0.1) is 13.1 Å². The summed E-state index contributed by atoms with van der Waals surface area (Å²) in [5.74, 6) is 1.87. The fraction of sp³-hybridized carbons (Fsp3) is 0.368. The summed E-state index contributed by atoms with van der Waals surface area (Å²) < 4.78 is 7.64. The first-order valence-electron chi connectivity index (χ1n) is 9.28. The highest BCUT2D eigenvalue weighted by molar-refractivity contribution is 5.74. The van der Waals surface area contributed by atoms with Crippen LogP contribution in [0.25, 0.3) is 11.5 Å². The lowest BCUT2D eigenvalue weighted by atomic mass is 10.2. The summed E-state index contributed by atoms with van der Waals surface area (Å²) in [7, 11) is 1.99. The van der Waals surface area contributed by atoms with Crippen molar-refractivity contribution in [3.05, 3.63) is 54.4 Å². The second-order valence-electron chi connectivity index (χ2n) is 6.74. The van der Waals surface area contributed by atoms with Gasteiger partial charge in [-0.05, 0) is 12.1 Å². The number of carbonyl (C=O) groups is 1. The van der Waals surface area contributed by atoms with Gasteiger partial charge in [0.1, 0.15) is 5.82 Å². The Labute approximate surface area is 163 Å². The van der Waals surface area contributed by atoms with E-state index in [4.69, 9.17) is 4.42 Å². The van der Waals surface area contributed by atoms with E-state index < -0.39 is 0 Å². The summed E-state index contributed by atoms with van der Waals surface area (Å²) >= 11 is 0. The van der Waals surface area contributed by atoms with Crippen LogP contribution in [0.4, 0.5) is 4.79 Å². The van der Waals surface area contributed by atoms with E-state index in [1.807, 2.05) is 53.0 Å². The van der Waals surface area contributed by atoms with Gasteiger partial charge in [0.2, 0.25) is 11.8 Å². The maximum Gasteiger partial charge on any atom is 0.317 e. The van der Waals surface area contributed by atoms with Gasteiger partial charge in [-0.2, -0.15) is 0 Å². The topological polar surface area (TPSA) is 92.3 Å². The lowest BCUT2D eigenvalue weighted by Gasteiger charge is -2.34. The summed E-state index contributed by atoms with van der Waals surface area (Å²) in [6, 6.07) is 9.44. The molecule has 1 saturated heterocycles. The van der Waals surface area contributed by atoms with E-state index in [9.17, 15) is 4.79 Å². The Morgan fingerprint density at radius 3 is 2.64 bits per heavy atom. The predicted octanol–water partition coefficient (Wildman–Crippen LogP) is 1.50. The number of piperazine rings is 1. The van der Waals surface area contributed by atoms with Gasteiger partial charge in [-0.15, -0.1) is 10.2 Å². The Bertz CT molecular complexity index is 913. The van der Waals surface area contributed by atoms with Gasteiger partial charge in [-0.1, -0.05) is 18.2 Å². The number of imidazole rings is 1. The minimum atomic E-state index is -0.115. The van der Waals surface area contributed by atoms with Crippen molar-refractivity contribution in [3.8, 4) is 11.5 Å². The molecule has 0 aliphatic carbocycles. The van der Waals surface area contributed by atoms with Crippen molar-refractivity contribution in [2.45, 2.75) is 13.1 Å². The number of hydrogen-bond donors (Lipinski definition) is 1. The monoisotopic (exact) mass is 381 g/mol. The summed E-state index contributed by atoms with van der Waals surface area (Å²) in [5.41, 5.74) is 0.858. The summed E-state index contributed by atoms with van der Waals surface area (Å²) in [6.45, 7) is 4.00. The number of benzene rings is 1. The molecule has 1 aliphatic heterocycles. The molecular formula is C19H23N7O2. The molecule has 4 rings (SSSR count). The average molecular weight is 381 g/mol. The predicted molar refractivity (Wildman–Crippen MR) is 102 cm³/mol. The molecular weight excluding hydrogens is 358 g/mol. The van der Waals surface area contributed by atoms with Crippen LogP contribution in [0, 0.1) is 0 Å². The Hall–Kier alpha value is -3.20. The van der Waals surface area contributed by atoms with Crippen LogP contribution in [0.15, 0.2) is 47.1 Å². The van der Waals surface area contributed by atoms with Gasteiger partial charge in [0.15, 0.2) is 0 Å². The molecule has 2 aromatic heterocycles. The standard InChI is InChI=1S/C19H23N7O2/c1-24-8-7-20-16(24)14-25-9-11-26(12-10-25)19(27)21-13-17-22-23-18(28-17)15-5-3-2-4-6-15/h2-8H,9-14H2,1H3,(H,21,27). The quantitative estimate of drug-likeness (QED) is 0.720. The molecule has 0 unspecified atom stereocenters. The number of rotatable bonds is 5. The Balaban J connectivity index is 1.24. The van der Waals surface area contributed by atoms with Crippen LogP contribution < -0.4 is 5.32 Å². The number of aryl methyl sites for hydroxylation is 1. The molecule has 0 spiro atoms. The molecule has 1 aromatic carbocycles. The van der Waals surface area contributed by atoms with E-state index >= 15 is 0 Å². The Morgan fingerprint density at radius 1 is 1.14 bits per heavy atom. The van der Waals surface area contributed by atoms with E-state index in [1.54, 1.807) is 6.20 Å². The molecule has 9 nitrogen and oxygen atoms in total. The molecule has 28 heavy (non-hydrogen) atoms. The largest absolute Gasteiger partial charge is 0.419 e. The van der Waals surface area contributed by atoms with Crippen molar-refractivity contribution in [3.63, 3.8) is 0 Å². The van der Waals surface area contributed by atoms with Crippen LogP contribution in [0.3, 0.4) is 0 Å². The third kappa shape index (κ3) is 4.20. The van der Waals surface area contributed by atoms with Crippen molar-refractivity contribution in [2.24, 2.45) is 7.05 Å². The molecule has 1 aliphatic rings. The van der Waals surface area contributed by atoms with E-state index in [-0.39, 0.29) is 12.6 Å². The molecule has 1 N–H and O–H groups in total. The lowest BCUT2D eigenvalue weighted by molar-refractivity contribution is 0.132. The van der Waals surface area contributed by atoms with E-state index in [1.165, 1.54) is 0 Å². The van der Waals surface area contributed by atoms with Crippen LogP contribution in [-0.2, 0) is 20.1 Å². The van der Waals surface area contributed by atoms with Crippen LogP contribution in [-0.4, -0.2) is 61.8 Å². The highest BCUT2D eigenvalue weighted by Crippen LogP contribution is 2.16. The first-order chi connectivity index (χ1) is 13.7. The third-order valence-electron chi connectivity index (χ3n) is 4.82.